The predicted octanol–water partition coefficient (Wildman–Crippen LogP) is 4.67. The lowest BCUT2D eigenvalue weighted by Crippen LogP contribution is -2.25. The lowest BCUT2D eigenvalue weighted by atomic mass is 9.85. The van der Waals surface area contributed by atoms with Crippen molar-refractivity contribution in [2.75, 3.05) is 0 Å². The zero-order chi connectivity index (χ0) is 15.2. The van der Waals surface area contributed by atoms with E-state index in [1.807, 2.05) is 6.07 Å². The molecule has 0 bridgehead atoms. The topological polar surface area (TPSA) is 21.3 Å². The van der Waals surface area contributed by atoms with Gasteiger partial charge in [0.2, 0.25) is 0 Å². The summed E-state index contributed by atoms with van der Waals surface area (Å²) in [6.07, 6.45) is 5.97. The van der Waals surface area contributed by atoms with E-state index in [9.17, 15) is 4.39 Å². The summed E-state index contributed by atoms with van der Waals surface area (Å²) >= 11 is 0. The largest absolute Gasteiger partial charge is 0.487 e. The minimum Gasteiger partial charge on any atom is -0.487 e. The standard InChI is InChI=1S/C18H28FNO/c1-4-14-6-5-7-16(10-14)21-18-9-8-15(11-17(18)19)12-20-13(2)3/h8-9,11,13-14,16,20H,4-7,10,12H2,1-3H3. The second-order valence-corrected chi connectivity index (χ2v) is 6.48. The lowest BCUT2D eigenvalue weighted by molar-refractivity contribution is 0.117. The number of benzene rings is 1. The second-order valence-electron chi connectivity index (χ2n) is 6.48. The van der Waals surface area contributed by atoms with Gasteiger partial charge in [-0.25, -0.2) is 4.39 Å². The number of halogens is 1. The van der Waals surface area contributed by atoms with E-state index in [1.165, 1.54) is 19.3 Å². The van der Waals surface area contributed by atoms with Gasteiger partial charge in [0.25, 0.3) is 0 Å². The average molecular weight is 293 g/mol. The van der Waals surface area contributed by atoms with Crippen LogP contribution < -0.4 is 10.1 Å². The number of hydrogen-bond acceptors (Lipinski definition) is 2. The van der Waals surface area contributed by atoms with Crippen LogP contribution >= 0.6 is 0 Å². The van der Waals surface area contributed by atoms with Gasteiger partial charge < -0.3 is 10.1 Å². The van der Waals surface area contributed by atoms with Crippen molar-refractivity contribution < 1.29 is 9.13 Å². The SMILES string of the molecule is CCC1CCCC(Oc2ccc(CNC(C)C)cc2F)C1. The van der Waals surface area contributed by atoms with Crippen molar-refractivity contribution in [2.24, 2.45) is 5.92 Å². The Morgan fingerprint density at radius 3 is 2.81 bits per heavy atom. The van der Waals surface area contributed by atoms with Crippen LogP contribution in [0.15, 0.2) is 18.2 Å². The third-order valence-electron chi connectivity index (χ3n) is 4.32. The lowest BCUT2D eigenvalue weighted by Gasteiger charge is -2.29. The molecule has 1 aromatic carbocycles. The van der Waals surface area contributed by atoms with Crippen molar-refractivity contribution in [2.45, 2.75) is 71.6 Å². The zero-order valence-corrected chi connectivity index (χ0v) is 13.5. The first-order chi connectivity index (χ1) is 10.1. The highest BCUT2D eigenvalue weighted by molar-refractivity contribution is 5.29. The normalized spacial score (nSPS) is 22.5. The third-order valence-corrected chi connectivity index (χ3v) is 4.32. The Balaban J connectivity index is 1.94. The molecule has 1 fully saturated rings. The Hall–Kier alpha value is -1.09. The smallest absolute Gasteiger partial charge is 0.165 e. The van der Waals surface area contributed by atoms with Crippen LogP contribution in [0.1, 0.15) is 58.4 Å². The average Bonchev–Trinajstić information content (AvgIpc) is 2.48. The Morgan fingerprint density at radius 1 is 1.33 bits per heavy atom. The summed E-state index contributed by atoms with van der Waals surface area (Å²) in [5.74, 6) is 0.906. The second kappa shape index (κ2) is 7.79. The van der Waals surface area contributed by atoms with Crippen molar-refractivity contribution >= 4 is 0 Å². The summed E-state index contributed by atoms with van der Waals surface area (Å²) < 4.78 is 20.1. The van der Waals surface area contributed by atoms with Gasteiger partial charge in [-0.15, -0.1) is 0 Å². The molecule has 2 unspecified atom stereocenters. The molecule has 1 aliphatic rings. The van der Waals surface area contributed by atoms with Crippen LogP contribution in [0.5, 0.6) is 5.75 Å². The molecule has 0 radical (unpaired) electrons. The van der Waals surface area contributed by atoms with E-state index in [2.05, 4.69) is 26.1 Å². The van der Waals surface area contributed by atoms with Gasteiger partial charge in [-0.3, -0.25) is 0 Å². The van der Waals surface area contributed by atoms with Gasteiger partial charge in [0, 0.05) is 12.6 Å². The van der Waals surface area contributed by atoms with Crippen LogP contribution in [0.4, 0.5) is 4.39 Å². The highest BCUT2D eigenvalue weighted by Gasteiger charge is 2.23. The van der Waals surface area contributed by atoms with Gasteiger partial charge in [-0.1, -0.05) is 39.7 Å². The molecule has 0 spiro atoms. The monoisotopic (exact) mass is 293 g/mol. The van der Waals surface area contributed by atoms with E-state index in [4.69, 9.17) is 4.74 Å². The Kier molecular flexibility index (Phi) is 6.04. The Labute approximate surface area is 128 Å². The molecular weight excluding hydrogens is 265 g/mol. The molecule has 118 valence electrons. The predicted molar refractivity (Wildman–Crippen MR) is 85.0 cm³/mol. The summed E-state index contributed by atoms with van der Waals surface area (Å²) in [5.41, 5.74) is 0.962. The number of nitrogens with one attached hydrogen (secondary N) is 1. The van der Waals surface area contributed by atoms with Crippen molar-refractivity contribution in [3.63, 3.8) is 0 Å². The molecule has 2 nitrogen and oxygen atoms in total. The molecule has 1 saturated carbocycles. The molecule has 0 heterocycles. The van der Waals surface area contributed by atoms with Crippen LogP contribution in [0.25, 0.3) is 0 Å². The van der Waals surface area contributed by atoms with Gasteiger partial charge in [0.1, 0.15) is 0 Å². The van der Waals surface area contributed by atoms with Gasteiger partial charge >= 0.3 is 0 Å². The highest BCUT2D eigenvalue weighted by atomic mass is 19.1. The highest BCUT2D eigenvalue weighted by Crippen LogP contribution is 2.30. The fourth-order valence-corrected chi connectivity index (χ4v) is 2.97. The molecular formula is C18H28FNO. The van der Waals surface area contributed by atoms with Crippen LogP contribution in [0.3, 0.4) is 0 Å². The quantitative estimate of drug-likeness (QED) is 0.823. The third kappa shape index (κ3) is 4.99. The van der Waals surface area contributed by atoms with Crippen LogP contribution in [0.2, 0.25) is 0 Å². The number of hydrogen-bond donors (Lipinski definition) is 1. The first kappa shape index (κ1) is 16.3. The van der Waals surface area contributed by atoms with Crippen molar-refractivity contribution in [3.05, 3.63) is 29.6 Å². The summed E-state index contributed by atoms with van der Waals surface area (Å²) in [6, 6.07) is 5.72. The molecule has 1 aliphatic carbocycles. The molecule has 0 aliphatic heterocycles. The summed E-state index contributed by atoms with van der Waals surface area (Å²) in [7, 11) is 0. The summed E-state index contributed by atoms with van der Waals surface area (Å²) in [6.45, 7) is 7.09. The first-order valence-electron chi connectivity index (χ1n) is 8.27. The maximum absolute atomic E-state index is 14.2. The summed E-state index contributed by atoms with van der Waals surface area (Å²) in [4.78, 5) is 0. The van der Waals surface area contributed by atoms with Crippen molar-refractivity contribution in [3.8, 4) is 5.75 Å². The minimum absolute atomic E-state index is 0.179. The van der Waals surface area contributed by atoms with Gasteiger partial charge in [0.15, 0.2) is 11.6 Å². The molecule has 0 amide bonds. The number of ether oxygens (including phenoxy) is 1. The fraction of sp³-hybridized carbons (Fsp3) is 0.667. The molecule has 2 rings (SSSR count). The fourth-order valence-electron chi connectivity index (χ4n) is 2.97. The van der Waals surface area contributed by atoms with E-state index < -0.39 is 0 Å². The molecule has 0 saturated heterocycles. The number of rotatable bonds is 6. The van der Waals surface area contributed by atoms with E-state index in [0.29, 0.717) is 18.3 Å². The van der Waals surface area contributed by atoms with Crippen LogP contribution in [0, 0.1) is 11.7 Å². The maximum atomic E-state index is 14.2. The molecule has 1 N–H and O–H groups in total. The molecule has 1 aromatic rings. The maximum Gasteiger partial charge on any atom is 0.165 e. The van der Waals surface area contributed by atoms with E-state index in [0.717, 1.165) is 24.3 Å². The molecule has 2 atom stereocenters. The van der Waals surface area contributed by atoms with Crippen LogP contribution in [-0.2, 0) is 6.54 Å². The van der Waals surface area contributed by atoms with E-state index in [1.54, 1.807) is 12.1 Å². The van der Waals surface area contributed by atoms with E-state index in [-0.39, 0.29) is 11.9 Å². The zero-order valence-electron chi connectivity index (χ0n) is 13.5. The molecule has 0 aromatic heterocycles. The van der Waals surface area contributed by atoms with Crippen LogP contribution in [-0.4, -0.2) is 12.1 Å². The molecule has 21 heavy (non-hydrogen) atoms. The summed E-state index contributed by atoms with van der Waals surface area (Å²) in [5, 5.41) is 3.30. The first-order valence-corrected chi connectivity index (χ1v) is 8.27. The van der Waals surface area contributed by atoms with Gasteiger partial charge in [0.05, 0.1) is 6.10 Å². The van der Waals surface area contributed by atoms with Crippen molar-refractivity contribution in [1.29, 1.82) is 0 Å². The minimum atomic E-state index is -0.239. The van der Waals surface area contributed by atoms with Gasteiger partial charge in [-0.05, 0) is 42.9 Å². The molecule has 3 heteroatoms. The van der Waals surface area contributed by atoms with E-state index >= 15 is 0 Å². The Morgan fingerprint density at radius 2 is 2.14 bits per heavy atom. The van der Waals surface area contributed by atoms with Crippen molar-refractivity contribution in [1.82, 2.24) is 5.32 Å². The van der Waals surface area contributed by atoms with Gasteiger partial charge in [-0.2, -0.15) is 0 Å². The Bertz CT molecular complexity index is 447.